The van der Waals surface area contributed by atoms with Gasteiger partial charge in [0.1, 0.15) is 5.82 Å². The lowest BCUT2D eigenvalue weighted by Crippen LogP contribution is -2.52. The van der Waals surface area contributed by atoms with Gasteiger partial charge in [-0.05, 0) is 37.3 Å². The molecule has 5 nitrogen and oxygen atoms in total. The largest absolute Gasteiger partial charge is 0.353 e. The van der Waals surface area contributed by atoms with Crippen LogP contribution < -0.4 is 4.90 Å². The Morgan fingerprint density at radius 3 is 2.65 bits per heavy atom. The lowest BCUT2D eigenvalue weighted by atomic mass is 10.1. The van der Waals surface area contributed by atoms with Crippen molar-refractivity contribution in [1.82, 2.24) is 14.8 Å². The normalized spacial score (nSPS) is 27.7. The van der Waals surface area contributed by atoms with Crippen molar-refractivity contribution in [2.75, 3.05) is 44.2 Å². The number of rotatable bonds is 3. The molecule has 4 rings (SSSR count). The molecule has 0 unspecified atom stereocenters. The molecule has 124 valence electrons. The van der Waals surface area contributed by atoms with E-state index < -0.39 is 0 Å². The molecular formula is C17H23ClN4O. The molecule has 2 bridgehead atoms. The zero-order valence-electron chi connectivity index (χ0n) is 13.3. The highest BCUT2D eigenvalue weighted by molar-refractivity contribution is 6.30. The van der Waals surface area contributed by atoms with Crippen molar-refractivity contribution in [3.8, 4) is 0 Å². The van der Waals surface area contributed by atoms with Gasteiger partial charge in [-0.25, -0.2) is 4.98 Å². The summed E-state index contributed by atoms with van der Waals surface area (Å²) >= 11 is 5.88. The number of hydrogen-bond acceptors (Lipinski definition) is 4. The number of carbonyl (C=O) groups excluding carboxylic acids is 1. The molecule has 2 saturated heterocycles. The van der Waals surface area contributed by atoms with Gasteiger partial charge < -0.3 is 9.80 Å². The number of aromatic nitrogens is 1. The average Bonchev–Trinajstić information content (AvgIpc) is 3.18. The molecule has 3 fully saturated rings. The number of piperazine rings is 1. The van der Waals surface area contributed by atoms with Crippen LogP contribution in [0, 0.1) is 5.92 Å². The number of hydrogen-bond donors (Lipinski definition) is 0. The minimum Gasteiger partial charge on any atom is -0.353 e. The smallest absolute Gasteiger partial charge is 0.236 e. The zero-order chi connectivity index (χ0) is 15.8. The number of anilines is 1. The number of likely N-dealkylation sites (tertiary alicyclic amines) is 1. The molecule has 3 aliphatic rings. The van der Waals surface area contributed by atoms with Crippen LogP contribution in [0.3, 0.4) is 0 Å². The van der Waals surface area contributed by atoms with E-state index >= 15 is 0 Å². The molecule has 0 aromatic carbocycles. The molecule has 0 spiro atoms. The quantitative estimate of drug-likeness (QED) is 0.846. The summed E-state index contributed by atoms with van der Waals surface area (Å²) in [6.45, 7) is 4.99. The number of halogens is 1. The first kappa shape index (κ1) is 15.2. The van der Waals surface area contributed by atoms with Crippen LogP contribution in [0.15, 0.2) is 18.3 Å². The summed E-state index contributed by atoms with van der Waals surface area (Å²) in [6.07, 6.45) is 5.64. The Balaban J connectivity index is 1.29. The fraction of sp³-hybridized carbons (Fsp3) is 0.647. The van der Waals surface area contributed by atoms with Gasteiger partial charge in [0.25, 0.3) is 0 Å². The molecule has 2 aliphatic heterocycles. The van der Waals surface area contributed by atoms with Crippen LogP contribution in [0.1, 0.15) is 19.3 Å². The van der Waals surface area contributed by atoms with Crippen molar-refractivity contribution in [2.45, 2.75) is 25.3 Å². The highest BCUT2D eigenvalue weighted by Crippen LogP contribution is 2.37. The summed E-state index contributed by atoms with van der Waals surface area (Å²) in [7, 11) is 0. The van der Waals surface area contributed by atoms with Crippen molar-refractivity contribution >= 4 is 23.3 Å². The van der Waals surface area contributed by atoms with Gasteiger partial charge in [0, 0.05) is 45.0 Å². The highest BCUT2D eigenvalue weighted by atomic mass is 35.5. The third-order valence-corrected chi connectivity index (χ3v) is 5.75. The summed E-state index contributed by atoms with van der Waals surface area (Å²) in [4.78, 5) is 23.6. The Hall–Kier alpha value is -1.33. The summed E-state index contributed by atoms with van der Waals surface area (Å²) in [5.41, 5.74) is 0. The van der Waals surface area contributed by atoms with Crippen LogP contribution in [0.2, 0.25) is 5.02 Å². The molecule has 1 amide bonds. The molecule has 1 saturated carbocycles. The van der Waals surface area contributed by atoms with Gasteiger partial charge in [-0.1, -0.05) is 11.6 Å². The van der Waals surface area contributed by atoms with Crippen LogP contribution >= 0.6 is 11.6 Å². The van der Waals surface area contributed by atoms with Crippen molar-refractivity contribution in [3.63, 3.8) is 0 Å². The first-order valence-electron chi connectivity index (χ1n) is 8.57. The maximum Gasteiger partial charge on any atom is 0.236 e. The second kappa shape index (κ2) is 6.29. The van der Waals surface area contributed by atoms with E-state index in [-0.39, 0.29) is 0 Å². The maximum absolute atomic E-state index is 12.6. The number of nitrogens with zero attached hydrogens (tertiary/aromatic N) is 4. The van der Waals surface area contributed by atoms with E-state index in [4.69, 9.17) is 11.6 Å². The molecular weight excluding hydrogens is 312 g/mol. The van der Waals surface area contributed by atoms with E-state index in [1.807, 2.05) is 17.0 Å². The van der Waals surface area contributed by atoms with Crippen molar-refractivity contribution in [2.24, 2.45) is 5.92 Å². The van der Waals surface area contributed by atoms with Crippen LogP contribution in [-0.4, -0.2) is 66.0 Å². The molecule has 3 heterocycles. The SMILES string of the molecule is O=C(CN1C[C@@H]2CC[C@H]1C2)N1CCN(c2ccc(Cl)cn2)CC1. The van der Waals surface area contributed by atoms with Crippen LogP contribution in [0.4, 0.5) is 5.82 Å². The van der Waals surface area contributed by atoms with Gasteiger partial charge in [-0.3, -0.25) is 9.69 Å². The Bertz CT molecular complexity index is 570. The van der Waals surface area contributed by atoms with Gasteiger partial charge in [-0.2, -0.15) is 0 Å². The Kier molecular flexibility index (Phi) is 4.16. The molecule has 2 atom stereocenters. The van der Waals surface area contributed by atoms with Gasteiger partial charge >= 0.3 is 0 Å². The van der Waals surface area contributed by atoms with Crippen LogP contribution in [0.5, 0.6) is 0 Å². The van der Waals surface area contributed by atoms with E-state index in [1.165, 1.54) is 19.3 Å². The van der Waals surface area contributed by atoms with Gasteiger partial charge in [0.05, 0.1) is 11.6 Å². The fourth-order valence-electron chi connectivity index (χ4n) is 4.23. The number of pyridine rings is 1. The second-order valence-corrected chi connectivity index (χ2v) is 7.40. The van der Waals surface area contributed by atoms with Crippen molar-refractivity contribution < 1.29 is 4.79 Å². The number of amides is 1. The molecule has 1 aromatic rings. The lowest BCUT2D eigenvalue weighted by molar-refractivity contribution is -0.133. The summed E-state index contributed by atoms with van der Waals surface area (Å²) < 4.78 is 0. The molecule has 6 heteroatoms. The maximum atomic E-state index is 12.6. The number of carbonyl (C=O) groups is 1. The summed E-state index contributed by atoms with van der Waals surface area (Å²) in [5.74, 6) is 2.08. The molecule has 23 heavy (non-hydrogen) atoms. The van der Waals surface area contributed by atoms with E-state index in [1.54, 1.807) is 6.20 Å². The Morgan fingerprint density at radius 1 is 1.22 bits per heavy atom. The molecule has 1 aromatic heterocycles. The van der Waals surface area contributed by atoms with E-state index in [0.717, 1.165) is 44.5 Å². The van der Waals surface area contributed by atoms with E-state index in [9.17, 15) is 4.79 Å². The van der Waals surface area contributed by atoms with Gasteiger partial charge in [-0.15, -0.1) is 0 Å². The predicted molar refractivity (Wildman–Crippen MR) is 90.7 cm³/mol. The van der Waals surface area contributed by atoms with E-state index in [2.05, 4.69) is 14.8 Å². The average molecular weight is 335 g/mol. The van der Waals surface area contributed by atoms with Crippen LogP contribution in [-0.2, 0) is 4.79 Å². The van der Waals surface area contributed by atoms with Gasteiger partial charge in [0.2, 0.25) is 5.91 Å². The standard InChI is InChI=1S/C17H23ClN4O/c18-14-2-4-16(19-10-14)20-5-7-21(8-6-20)17(23)12-22-11-13-1-3-15(22)9-13/h2,4,10,13,15H,1,3,5-9,11-12H2/t13-,15+/m1/s1. The van der Waals surface area contributed by atoms with Crippen molar-refractivity contribution in [3.05, 3.63) is 23.4 Å². The highest BCUT2D eigenvalue weighted by Gasteiger charge is 2.39. The minimum absolute atomic E-state index is 0.293. The monoisotopic (exact) mass is 334 g/mol. The molecule has 0 N–H and O–H groups in total. The topological polar surface area (TPSA) is 39.7 Å². The number of fused-ring (bicyclic) bond motifs is 2. The van der Waals surface area contributed by atoms with E-state index in [0.29, 0.717) is 23.5 Å². The third kappa shape index (κ3) is 3.17. The summed E-state index contributed by atoms with van der Waals surface area (Å²) in [6, 6.07) is 4.48. The minimum atomic E-state index is 0.293. The lowest BCUT2D eigenvalue weighted by Gasteiger charge is -2.37. The third-order valence-electron chi connectivity index (χ3n) is 5.53. The van der Waals surface area contributed by atoms with Crippen molar-refractivity contribution in [1.29, 1.82) is 0 Å². The fourth-order valence-corrected chi connectivity index (χ4v) is 4.35. The first-order chi connectivity index (χ1) is 11.2. The number of piperidine rings is 1. The Labute approximate surface area is 142 Å². The molecule has 0 radical (unpaired) electrons. The second-order valence-electron chi connectivity index (χ2n) is 6.96. The van der Waals surface area contributed by atoms with Gasteiger partial charge in [0.15, 0.2) is 0 Å². The van der Waals surface area contributed by atoms with Crippen LogP contribution in [0.25, 0.3) is 0 Å². The zero-order valence-corrected chi connectivity index (χ0v) is 14.1. The molecule has 1 aliphatic carbocycles. The predicted octanol–water partition coefficient (Wildman–Crippen LogP) is 1.87. The Morgan fingerprint density at radius 2 is 2.04 bits per heavy atom. The first-order valence-corrected chi connectivity index (χ1v) is 8.95. The summed E-state index contributed by atoms with van der Waals surface area (Å²) in [5, 5.41) is 0.655.